The van der Waals surface area contributed by atoms with E-state index in [2.05, 4.69) is 10.3 Å². The number of aliphatic imine (C=N–C) groups is 1. The lowest BCUT2D eigenvalue weighted by molar-refractivity contribution is -0.118. The molecule has 0 saturated heterocycles. The number of ether oxygens (including phenoxy) is 1. The van der Waals surface area contributed by atoms with E-state index in [9.17, 15) is 4.79 Å². The molecule has 1 N–H and O–H groups in total. The third kappa shape index (κ3) is 1.74. The van der Waals surface area contributed by atoms with E-state index in [0.29, 0.717) is 0 Å². The third-order valence-corrected chi connectivity index (χ3v) is 1.95. The van der Waals surface area contributed by atoms with Gasteiger partial charge >= 0.3 is 0 Å². The van der Waals surface area contributed by atoms with E-state index >= 15 is 0 Å². The van der Waals surface area contributed by atoms with Gasteiger partial charge in [-0.2, -0.15) is 4.99 Å². The van der Waals surface area contributed by atoms with Gasteiger partial charge in [0, 0.05) is 5.69 Å². The number of amides is 1. The second kappa shape index (κ2) is 3.49. The Morgan fingerprint density at radius 2 is 2.21 bits per heavy atom. The summed E-state index contributed by atoms with van der Waals surface area (Å²) in [4.78, 5) is 14.4. The molecule has 1 amide bonds. The molecule has 0 aliphatic carbocycles. The molecule has 1 aromatic rings. The molecule has 0 unspecified atom stereocenters. The molecule has 0 spiro atoms. The van der Waals surface area contributed by atoms with Crippen LogP contribution in [0.1, 0.15) is 5.56 Å². The molecule has 1 heterocycles. The van der Waals surface area contributed by atoms with Gasteiger partial charge in [-0.25, -0.2) is 0 Å². The molecule has 1 aliphatic heterocycles. The molecule has 0 atom stereocenters. The molecule has 1 aliphatic rings. The van der Waals surface area contributed by atoms with Gasteiger partial charge < -0.3 is 10.1 Å². The fourth-order valence-corrected chi connectivity index (χ4v) is 1.20. The van der Waals surface area contributed by atoms with Gasteiger partial charge in [0.2, 0.25) is 0 Å². The summed E-state index contributed by atoms with van der Waals surface area (Å²) < 4.78 is 5.01. The van der Waals surface area contributed by atoms with Crippen molar-refractivity contribution in [2.45, 2.75) is 6.92 Å². The number of amidine groups is 1. The maximum Gasteiger partial charge on any atom is 0.297 e. The summed E-state index contributed by atoms with van der Waals surface area (Å²) in [5.41, 5.74) is 1.99. The zero-order valence-electron chi connectivity index (χ0n) is 7.78. The number of carbonyl (C=O) groups is 1. The Kier molecular flexibility index (Phi) is 2.18. The smallest absolute Gasteiger partial charge is 0.297 e. The largest absolute Gasteiger partial charge is 0.455 e. The molecule has 2 rings (SSSR count). The van der Waals surface area contributed by atoms with Crippen molar-refractivity contribution in [1.82, 2.24) is 0 Å². The standard InChI is InChI=1S/C10H10N2O2/c1-7-4-2-3-5-8(7)11-10-12-9(13)6-14-10/h2-5H,6H2,1H3,(H,11,12,13). The van der Waals surface area contributed by atoms with E-state index in [0.717, 1.165) is 11.3 Å². The number of hydrogen-bond donors (Lipinski definition) is 1. The first-order valence-corrected chi connectivity index (χ1v) is 4.33. The number of para-hydroxylation sites is 1. The van der Waals surface area contributed by atoms with Crippen molar-refractivity contribution in [1.29, 1.82) is 0 Å². The fourth-order valence-electron chi connectivity index (χ4n) is 1.20. The van der Waals surface area contributed by atoms with E-state index in [4.69, 9.17) is 4.74 Å². The first-order valence-electron chi connectivity index (χ1n) is 4.33. The summed E-state index contributed by atoms with van der Waals surface area (Å²) in [6, 6.07) is 8.02. The van der Waals surface area contributed by atoms with Crippen molar-refractivity contribution in [3.63, 3.8) is 0 Å². The topological polar surface area (TPSA) is 50.7 Å². The number of nitrogens with zero attached hydrogens (tertiary/aromatic N) is 1. The van der Waals surface area contributed by atoms with Crippen LogP contribution in [0.4, 0.5) is 5.69 Å². The lowest BCUT2D eigenvalue weighted by atomic mass is 10.2. The number of carbonyl (C=O) groups excluding carboxylic acids is 1. The Labute approximate surface area is 81.6 Å². The molecule has 4 heteroatoms. The maximum absolute atomic E-state index is 10.8. The molecule has 0 aromatic heterocycles. The van der Waals surface area contributed by atoms with Crippen molar-refractivity contribution in [3.8, 4) is 0 Å². The van der Waals surface area contributed by atoms with Crippen molar-refractivity contribution in [2.24, 2.45) is 4.99 Å². The average molecular weight is 190 g/mol. The predicted molar refractivity (Wildman–Crippen MR) is 53.2 cm³/mol. The van der Waals surface area contributed by atoms with Crippen LogP contribution in [0.2, 0.25) is 0 Å². The van der Waals surface area contributed by atoms with Gasteiger partial charge in [0.25, 0.3) is 11.9 Å². The number of anilines is 1. The highest BCUT2D eigenvalue weighted by atomic mass is 16.5. The summed E-state index contributed by atoms with van der Waals surface area (Å²) in [7, 11) is 0. The number of hydrogen-bond acceptors (Lipinski definition) is 3. The van der Waals surface area contributed by atoms with Gasteiger partial charge in [0.1, 0.15) is 0 Å². The fraction of sp³-hybridized carbons (Fsp3) is 0.200. The molecular formula is C10H10N2O2. The molecule has 1 aromatic carbocycles. The van der Waals surface area contributed by atoms with Gasteiger partial charge in [-0.1, -0.05) is 18.2 Å². The molecule has 0 fully saturated rings. The minimum absolute atomic E-state index is 0.0359. The third-order valence-electron chi connectivity index (χ3n) is 1.95. The van der Waals surface area contributed by atoms with Gasteiger partial charge in [-0.05, 0) is 18.6 Å². The lowest BCUT2D eigenvalue weighted by Crippen LogP contribution is -2.12. The van der Waals surface area contributed by atoms with Crippen molar-refractivity contribution < 1.29 is 9.53 Å². The second-order valence-electron chi connectivity index (χ2n) is 3.04. The van der Waals surface area contributed by atoms with E-state index in [1.807, 2.05) is 31.2 Å². The minimum atomic E-state index is -0.249. The SMILES string of the molecule is Cc1ccccc1NC1=NC(=O)CO1. The summed E-state index contributed by atoms with van der Waals surface area (Å²) in [6.45, 7) is 2.01. The molecule has 0 saturated carbocycles. The Balaban J connectivity index is 2.15. The van der Waals surface area contributed by atoms with Crippen LogP contribution < -0.4 is 5.32 Å². The van der Waals surface area contributed by atoms with Crippen LogP contribution in [0.5, 0.6) is 0 Å². The highest BCUT2D eigenvalue weighted by molar-refractivity contribution is 6.02. The van der Waals surface area contributed by atoms with Crippen molar-refractivity contribution >= 4 is 17.6 Å². The van der Waals surface area contributed by atoms with Crippen LogP contribution in [-0.4, -0.2) is 18.5 Å². The van der Waals surface area contributed by atoms with Crippen LogP contribution in [0.3, 0.4) is 0 Å². The monoisotopic (exact) mass is 190 g/mol. The Hall–Kier alpha value is -1.84. The van der Waals surface area contributed by atoms with Crippen LogP contribution >= 0.6 is 0 Å². The molecule has 72 valence electrons. The van der Waals surface area contributed by atoms with Crippen molar-refractivity contribution in [2.75, 3.05) is 11.9 Å². The van der Waals surface area contributed by atoms with Gasteiger partial charge in [-0.3, -0.25) is 4.79 Å². The molecule has 0 radical (unpaired) electrons. The Morgan fingerprint density at radius 1 is 1.43 bits per heavy atom. The number of benzene rings is 1. The lowest BCUT2D eigenvalue weighted by Gasteiger charge is -2.07. The second-order valence-corrected chi connectivity index (χ2v) is 3.04. The number of nitrogens with one attached hydrogen (secondary N) is 1. The van der Waals surface area contributed by atoms with Crippen LogP contribution in [0, 0.1) is 6.92 Å². The highest BCUT2D eigenvalue weighted by Crippen LogP contribution is 2.14. The zero-order valence-corrected chi connectivity index (χ0v) is 7.78. The van der Waals surface area contributed by atoms with E-state index in [1.165, 1.54) is 0 Å². The summed E-state index contributed by atoms with van der Waals surface area (Å²) in [5.74, 6) is -0.249. The van der Waals surface area contributed by atoms with Crippen LogP contribution in [-0.2, 0) is 9.53 Å². The van der Waals surface area contributed by atoms with Crippen molar-refractivity contribution in [3.05, 3.63) is 29.8 Å². The minimum Gasteiger partial charge on any atom is -0.455 e. The average Bonchev–Trinajstić information content (AvgIpc) is 2.56. The molecule has 4 nitrogen and oxygen atoms in total. The first-order chi connectivity index (χ1) is 6.75. The molecule has 14 heavy (non-hydrogen) atoms. The van der Waals surface area contributed by atoms with Gasteiger partial charge in [-0.15, -0.1) is 0 Å². The quantitative estimate of drug-likeness (QED) is 0.726. The summed E-state index contributed by atoms with van der Waals surface area (Å²) >= 11 is 0. The van der Waals surface area contributed by atoms with Crippen LogP contribution in [0.15, 0.2) is 29.3 Å². The van der Waals surface area contributed by atoms with Gasteiger partial charge in [0.15, 0.2) is 6.61 Å². The first kappa shape index (κ1) is 8.74. The number of rotatable bonds is 1. The Bertz CT molecular complexity index is 399. The predicted octanol–water partition coefficient (Wildman–Crippen LogP) is 1.32. The summed E-state index contributed by atoms with van der Waals surface area (Å²) in [5, 5.41) is 2.95. The Morgan fingerprint density at radius 3 is 2.86 bits per heavy atom. The van der Waals surface area contributed by atoms with E-state index < -0.39 is 0 Å². The number of aryl methyl sites for hydroxylation is 1. The van der Waals surface area contributed by atoms with E-state index in [1.54, 1.807) is 0 Å². The molecule has 0 bridgehead atoms. The zero-order chi connectivity index (χ0) is 9.97. The van der Waals surface area contributed by atoms with E-state index in [-0.39, 0.29) is 18.5 Å². The normalized spacial score (nSPS) is 14.9. The highest BCUT2D eigenvalue weighted by Gasteiger charge is 2.15. The summed E-state index contributed by atoms with van der Waals surface area (Å²) in [6.07, 6.45) is 0. The molecular weight excluding hydrogens is 180 g/mol. The van der Waals surface area contributed by atoms with Gasteiger partial charge in [0.05, 0.1) is 0 Å². The maximum atomic E-state index is 10.8. The van der Waals surface area contributed by atoms with Crippen LogP contribution in [0.25, 0.3) is 0 Å².